The number of halogens is 1. The highest BCUT2D eigenvalue weighted by atomic mass is 35.5. The van der Waals surface area contributed by atoms with Gasteiger partial charge in [0.2, 0.25) is 0 Å². The molecule has 0 aliphatic carbocycles. The number of nitrogens with zero attached hydrogens (tertiary/aromatic N) is 2. The Morgan fingerprint density at radius 3 is 2.33 bits per heavy atom. The SMILES string of the molecule is CNc1cc(-c2ccccc2)nc(-c2ccccc2Cl)n1. The van der Waals surface area contributed by atoms with Crippen LogP contribution in [0.5, 0.6) is 0 Å². The van der Waals surface area contributed by atoms with Crippen LogP contribution in [0.1, 0.15) is 0 Å². The van der Waals surface area contributed by atoms with Crippen LogP contribution in [-0.4, -0.2) is 17.0 Å². The highest BCUT2D eigenvalue weighted by molar-refractivity contribution is 6.33. The number of rotatable bonds is 3. The molecular weight excluding hydrogens is 282 g/mol. The first-order chi connectivity index (χ1) is 10.3. The second-order valence-corrected chi connectivity index (χ2v) is 4.97. The Balaban J connectivity index is 2.17. The second-order valence-electron chi connectivity index (χ2n) is 4.56. The van der Waals surface area contributed by atoms with Crippen molar-refractivity contribution in [3.63, 3.8) is 0 Å². The van der Waals surface area contributed by atoms with Crippen LogP contribution in [0.4, 0.5) is 5.82 Å². The van der Waals surface area contributed by atoms with Gasteiger partial charge < -0.3 is 5.32 Å². The van der Waals surface area contributed by atoms with E-state index in [4.69, 9.17) is 11.6 Å². The number of anilines is 1. The molecule has 1 N–H and O–H groups in total. The van der Waals surface area contributed by atoms with E-state index in [1.807, 2.05) is 67.7 Å². The summed E-state index contributed by atoms with van der Waals surface area (Å²) in [7, 11) is 1.84. The summed E-state index contributed by atoms with van der Waals surface area (Å²) in [6.07, 6.45) is 0. The normalized spacial score (nSPS) is 10.4. The third-order valence-corrected chi connectivity index (χ3v) is 3.50. The lowest BCUT2D eigenvalue weighted by atomic mass is 10.1. The lowest BCUT2D eigenvalue weighted by molar-refractivity contribution is 1.17. The van der Waals surface area contributed by atoms with Gasteiger partial charge in [0.15, 0.2) is 5.82 Å². The molecule has 3 rings (SSSR count). The lowest BCUT2D eigenvalue weighted by Crippen LogP contribution is -1.99. The largest absolute Gasteiger partial charge is 0.373 e. The summed E-state index contributed by atoms with van der Waals surface area (Å²) in [6.45, 7) is 0. The average Bonchev–Trinajstić information content (AvgIpc) is 2.55. The maximum absolute atomic E-state index is 6.25. The standard InChI is InChI=1S/C17H14ClN3/c1-19-16-11-15(12-7-3-2-4-8-12)20-17(21-16)13-9-5-6-10-14(13)18/h2-11H,1H3,(H,19,20,21). The minimum absolute atomic E-state index is 0.617. The molecule has 0 radical (unpaired) electrons. The van der Waals surface area contributed by atoms with Crippen LogP contribution in [0.15, 0.2) is 60.7 Å². The molecule has 0 aliphatic heterocycles. The average molecular weight is 296 g/mol. The molecular formula is C17H14ClN3. The minimum Gasteiger partial charge on any atom is -0.373 e. The molecule has 0 saturated carbocycles. The molecule has 0 amide bonds. The fraction of sp³-hybridized carbons (Fsp3) is 0.0588. The molecule has 0 fully saturated rings. The van der Waals surface area contributed by atoms with Crippen LogP contribution in [0.3, 0.4) is 0 Å². The molecule has 0 spiro atoms. The summed E-state index contributed by atoms with van der Waals surface area (Å²) in [5.41, 5.74) is 2.74. The van der Waals surface area contributed by atoms with Crippen molar-refractivity contribution >= 4 is 17.4 Å². The molecule has 4 heteroatoms. The zero-order valence-electron chi connectivity index (χ0n) is 11.5. The fourth-order valence-electron chi connectivity index (χ4n) is 2.10. The molecule has 0 aliphatic rings. The summed E-state index contributed by atoms with van der Waals surface area (Å²) in [6, 6.07) is 19.5. The van der Waals surface area contributed by atoms with Gasteiger partial charge >= 0.3 is 0 Å². The van der Waals surface area contributed by atoms with Gasteiger partial charge in [-0.1, -0.05) is 54.1 Å². The molecule has 1 aromatic heterocycles. The summed E-state index contributed by atoms with van der Waals surface area (Å²) >= 11 is 6.25. The predicted molar refractivity (Wildman–Crippen MR) is 87.5 cm³/mol. The van der Waals surface area contributed by atoms with E-state index in [1.54, 1.807) is 0 Å². The Hall–Kier alpha value is -2.39. The van der Waals surface area contributed by atoms with Crippen molar-refractivity contribution in [1.29, 1.82) is 0 Å². The van der Waals surface area contributed by atoms with Crippen molar-refractivity contribution in [2.45, 2.75) is 0 Å². The van der Waals surface area contributed by atoms with Crippen LogP contribution in [0.2, 0.25) is 5.02 Å². The quantitative estimate of drug-likeness (QED) is 0.773. The number of nitrogens with one attached hydrogen (secondary N) is 1. The number of benzene rings is 2. The smallest absolute Gasteiger partial charge is 0.163 e. The molecule has 21 heavy (non-hydrogen) atoms. The van der Waals surface area contributed by atoms with Gasteiger partial charge in [-0.3, -0.25) is 0 Å². The molecule has 0 atom stereocenters. The highest BCUT2D eigenvalue weighted by Gasteiger charge is 2.10. The van der Waals surface area contributed by atoms with Crippen molar-refractivity contribution < 1.29 is 0 Å². The van der Waals surface area contributed by atoms with Gasteiger partial charge in [0.1, 0.15) is 5.82 Å². The van der Waals surface area contributed by atoms with E-state index < -0.39 is 0 Å². The first-order valence-electron chi connectivity index (χ1n) is 6.65. The lowest BCUT2D eigenvalue weighted by Gasteiger charge is -2.09. The second kappa shape index (κ2) is 5.94. The van der Waals surface area contributed by atoms with Gasteiger partial charge in [-0.25, -0.2) is 9.97 Å². The topological polar surface area (TPSA) is 37.8 Å². The minimum atomic E-state index is 0.617. The van der Waals surface area contributed by atoms with Gasteiger partial charge in [-0.2, -0.15) is 0 Å². The van der Waals surface area contributed by atoms with Gasteiger partial charge in [0.25, 0.3) is 0 Å². The third-order valence-electron chi connectivity index (χ3n) is 3.17. The van der Waals surface area contributed by atoms with E-state index in [0.717, 1.165) is 22.6 Å². The van der Waals surface area contributed by atoms with Gasteiger partial charge in [0, 0.05) is 24.2 Å². The highest BCUT2D eigenvalue weighted by Crippen LogP contribution is 2.28. The van der Waals surface area contributed by atoms with E-state index in [0.29, 0.717) is 10.8 Å². The molecule has 1 heterocycles. The van der Waals surface area contributed by atoms with Gasteiger partial charge in [0.05, 0.1) is 10.7 Å². The molecule has 104 valence electrons. The third kappa shape index (κ3) is 2.88. The van der Waals surface area contributed by atoms with Crippen molar-refractivity contribution in [3.8, 4) is 22.6 Å². The maximum Gasteiger partial charge on any atom is 0.163 e. The molecule has 0 saturated heterocycles. The summed E-state index contributed by atoms with van der Waals surface area (Å²) in [5.74, 6) is 1.38. The Morgan fingerprint density at radius 1 is 0.905 bits per heavy atom. The predicted octanol–water partition coefficient (Wildman–Crippen LogP) is 4.51. The van der Waals surface area contributed by atoms with Crippen molar-refractivity contribution in [2.75, 3.05) is 12.4 Å². The summed E-state index contributed by atoms with van der Waals surface area (Å²) in [5, 5.41) is 3.72. The summed E-state index contributed by atoms with van der Waals surface area (Å²) in [4.78, 5) is 9.15. The first-order valence-corrected chi connectivity index (χ1v) is 7.03. The van der Waals surface area contributed by atoms with E-state index in [2.05, 4.69) is 15.3 Å². The number of aromatic nitrogens is 2. The Kier molecular flexibility index (Phi) is 3.84. The number of hydrogen-bond acceptors (Lipinski definition) is 3. The van der Waals surface area contributed by atoms with E-state index in [1.165, 1.54) is 0 Å². The van der Waals surface area contributed by atoms with Crippen LogP contribution < -0.4 is 5.32 Å². The Labute approximate surface area is 128 Å². The first kappa shape index (κ1) is 13.6. The summed E-state index contributed by atoms with van der Waals surface area (Å²) < 4.78 is 0. The molecule has 2 aromatic carbocycles. The van der Waals surface area contributed by atoms with E-state index in [-0.39, 0.29) is 0 Å². The van der Waals surface area contributed by atoms with Gasteiger partial charge in [-0.15, -0.1) is 0 Å². The van der Waals surface area contributed by atoms with Crippen molar-refractivity contribution in [1.82, 2.24) is 9.97 Å². The van der Waals surface area contributed by atoms with Crippen LogP contribution >= 0.6 is 11.6 Å². The Morgan fingerprint density at radius 2 is 1.62 bits per heavy atom. The molecule has 3 nitrogen and oxygen atoms in total. The molecule has 0 unspecified atom stereocenters. The number of hydrogen-bond donors (Lipinski definition) is 1. The maximum atomic E-state index is 6.25. The van der Waals surface area contributed by atoms with E-state index >= 15 is 0 Å². The van der Waals surface area contributed by atoms with Crippen molar-refractivity contribution in [3.05, 3.63) is 65.7 Å². The van der Waals surface area contributed by atoms with E-state index in [9.17, 15) is 0 Å². The fourth-order valence-corrected chi connectivity index (χ4v) is 2.32. The van der Waals surface area contributed by atoms with Crippen molar-refractivity contribution in [2.24, 2.45) is 0 Å². The zero-order chi connectivity index (χ0) is 14.7. The molecule has 3 aromatic rings. The van der Waals surface area contributed by atoms with Crippen LogP contribution in [0, 0.1) is 0 Å². The van der Waals surface area contributed by atoms with Gasteiger partial charge in [-0.05, 0) is 12.1 Å². The molecule has 0 bridgehead atoms. The van der Waals surface area contributed by atoms with Crippen LogP contribution in [-0.2, 0) is 0 Å². The monoisotopic (exact) mass is 295 g/mol. The zero-order valence-corrected chi connectivity index (χ0v) is 12.3. The Bertz CT molecular complexity index is 757. The van der Waals surface area contributed by atoms with Crippen LogP contribution in [0.25, 0.3) is 22.6 Å².